The van der Waals surface area contributed by atoms with Crippen molar-refractivity contribution in [3.63, 3.8) is 0 Å². The highest BCUT2D eigenvalue weighted by Gasteiger charge is 2.39. The molecular weight excluding hydrogens is 346 g/mol. The highest BCUT2D eigenvalue weighted by molar-refractivity contribution is 5.82. The van der Waals surface area contributed by atoms with E-state index >= 15 is 0 Å². The van der Waals surface area contributed by atoms with Crippen molar-refractivity contribution in [1.29, 1.82) is 5.26 Å². The number of ether oxygens (including phenoxy) is 3. The Balaban J connectivity index is 1.40. The Morgan fingerprint density at radius 1 is 1.30 bits per heavy atom. The van der Waals surface area contributed by atoms with Gasteiger partial charge in [0.1, 0.15) is 12.2 Å². The summed E-state index contributed by atoms with van der Waals surface area (Å²) in [4.78, 5) is 18.8. The molecule has 2 aliphatic heterocycles. The van der Waals surface area contributed by atoms with Crippen molar-refractivity contribution >= 4 is 5.91 Å². The summed E-state index contributed by atoms with van der Waals surface area (Å²) in [6.45, 7) is 2.86. The van der Waals surface area contributed by atoms with Crippen LogP contribution in [0.5, 0.6) is 17.4 Å². The number of rotatable bonds is 3. The molecule has 1 saturated heterocycles. The van der Waals surface area contributed by atoms with Crippen molar-refractivity contribution in [3.05, 3.63) is 48.2 Å². The quantitative estimate of drug-likeness (QED) is 0.829. The van der Waals surface area contributed by atoms with Crippen molar-refractivity contribution in [2.24, 2.45) is 0 Å². The Morgan fingerprint density at radius 2 is 2.07 bits per heavy atom. The van der Waals surface area contributed by atoms with Crippen LogP contribution in [0, 0.1) is 11.3 Å². The average Bonchev–Trinajstić information content (AvgIpc) is 3.15. The lowest BCUT2D eigenvalue weighted by molar-refractivity contribution is -0.143. The zero-order chi connectivity index (χ0) is 18.8. The Hall–Kier alpha value is -3.27. The van der Waals surface area contributed by atoms with E-state index in [0.717, 1.165) is 0 Å². The molecule has 1 aromatic carbocycles. The maximum atomic E-state index is 12.9. The number of para-hydroxylation sites is 2. The van der Waals surface area contributed by atoms with Gasteiger partial charge in [-0.1, -0.05) is 12.1 Å². The van der Waals surface area contributed by atoms with Gasteiger partial charge in [0.2, 0.25) is 12.0 Å². The Labute approximate surface area is 157 Å². The number of hydrogen-bond donors (Lipinski definition) is 0. The SMILES string of the molecule is CC1Oc2ccccc2OC1C(=O)N1CCC(Oc2cc(C#N)ccn2)C1. The number of carbonyl (C=O) groups is 1. The molecule has 1 fully saturated rings. The minimum atomic E-state index is -0.682. The fourth-order valence-electron chi connectivity index (χ4n) is 3.31. The highest BCUT2D eigenvalue weighted by atomic mass is 16.6. The molecule has 3 unspecified atom stereocenters. The first-order valence-corrected chi connectivity index (χ1v) is 8.88. The van der Waals surface area contributed by atoms with Gasteiger partial charge in [0.15, 0.2) is 11.5 Å². The summed E-state index contributed by atoms with van der Waals surface area (Å²) in [7, 11) is 0. The first-order chi connectivity index (χ1) is 13.1. The number of amides is 1. The second-order valence-corrected chi connectivity index (χ2v) is 6.62. The Bertz CT molecular complexity index is 895. The Kier molecular flexibility index (Phi) is 4.55. The van der Waals surface area contributed by atoms with E-state index in [1.165, 1.54) is 6.20 Å². The summed E-state index contributed by atoms with van der Waals surface area (Å²) >= 11 is 0. The fraction of sp³-hybridized carbons (Fsp3) is 0.350. The van der Waals surface area contributed by atoms with Crippen LogP contribution in [0.1, 0.15) is 18.9 Å². The molecule has 2 aromatic rings. The predicted octanol–water partition coefficient (Wildman–Crippen LogP) is 2.16. The van der Waals surface area contributed by atoms with Crippen LogP contribution in [-0.4, -0.2) is 47.2 Å². The highest BCUT2D eigenvalue weighted by Crippen LogP contribution is 2.34. The van der Waals surface area contributed by atoms with E-state index < -0.39 is 6.10 Å². The molecule has 7 heteroatoms. The second kappa shape index (κ2) is 7.16. The van der Waals surface area contributed by atoms with Crippen LogP contribution in [0.2, 0.25) is 0 Å². The first-order valence-electron chi connectivity index (χ1n) is 8.88. The van der Waals surface area contributed by atoms with E-state index in [1.54, 1.807) is 23.1 Å². The van der Waals surface area contributed by atoms with Gasteiger partial charge in [-0.15, -0.1) is 0 Å². The number of benzene rings is 1. The molecule has 3 heterocycles. The lowest BCUT2D eigenvalue weighted by Crippen LogP contribution is -2.50. The molecule has 1 amide bonds. The average molecular weight is 365 g/mol. The number of fused-ring (bicyclic) bond motifs is 1. The van der Waals surface area contributed by atoms with Crippen LogP contribution in [-0.2, 0) is 4.79 Å². The molecule has 138 valence electrons. The molecule has 0 saturated carbocycles. The summed E-state index contributed by atoms with van der Waals surface area (Å²) in [5, 5.41) is 8.96. The third-order valence-corrected chi connectivity index (χ3v) is 4.69. The van der Waals surface area contributed by atoms with Gasteiger partial charge >= 0.3 is 0 Å². The van der Waals surface area contributed by atoms with E-state index in [1.807, 2.05) is 25.1 Å². The van der Waals surface area contributed by atoms with Gasteiger partial charge < -0.3 is 19.1 Å². The van der Waals surface area contributed by atoms with Crippen LogP contribution in [0.15, 0.2) is 42.6 Å². The van der Waals surface area contributed by atoms with Crippen LogP contribution in [0.4, 0.5) is 0 Å². The molecule has 7 nitrogen and oxygen atoms in total. The largest absolute Gasteiger partial charge is 0.482 e. The number of carbonyl (C=O) groups excluding carboxylic acids is 1. The molecule has 3 atom stereocenters. The monoisotopic (exact) mass is 365 g/mol. The third kappa shape index (κ3) is 3.51. The molecular formula is C20H19N3O4. The number of pyridine rings is 1. The van der Waals surface area contributed by atoms with E-state index in [0.29, 0.717) is 42.5 Å². The van der Waals surface area contributed by atoms with E-state index in [4.69, 9.17) is 19.5 Å². The predicted molar refractivity (Wildman–Crippen MR) is 95.5 cm³/mol. The summed E-state index contributed by atoms with van der Waals surface area (Å²) in [6.07, 6.45) is 1.02. The third-order valence-electron chi connectivity index (χ3n) is 4.69. The zero-order valence-electron chi connectivity index (χ0n) is 14.9. The number of nitriles is 1. The van der Waals surface area contributed by atoms with E-state index in [9.17, 15) is 4.79 Å². The van der Waals surface area contributed by atoms with Crippen molar-refractivity contribution in [3.8, 4) is 23.4 Å². The summed E-state index contributed by atoms with van der Waals surface area (Å²) < 4.78 is 17.6. The molecule has 2 aliphatic rings. The molecule has 0 spiro atoms. The molecule has 27 heavy (non-hydrogen) atoms. The van der Waals surface area contributed by atoms with E-state index in [-0.39, 0.29) is 18.1 Å². The lowest BCUT2D eigenvalue weighted by Gasteiger charge is -2.33. The van der Waals surface area contributed by atoms with Gasteiger partial charge in [-0.3, -0.25) is 4.79 Å². The van der Waals surface area contributed by atoms with E-state index in [2.05, 4.69) is 11.1 Å². The number of aromatic nitrogens is 1. The molecule has 0 aliphatic carbocycles. The van der Waals surface area contributed by atoms with Gasteiger partial charge in [0.25, 0.3) is 5.91 Å². The first kappa shape index (κ1) is 17.2. The number of hydrogen-bond acceptors (Lipinski definition) is 6. The topological polar surface area (TPSA) is 84.7 Å². The molecule has 0 N–H and O–H groups in total. The fourth-order valence-corrected chi connectivity index (χ4v) is 3.31. The molecule has 1 aromatic heterocycles. The van der Waals surface area contributed by atoms with Gasteiger partial charge in [-0.05, 0) is 25.1 Å². The van der Waals surface area contributed by atoms with Gasteiger partial charge in [-0.2, -0.15) is 5.26 Å². The van der Waals surface area contributed by atoms with Crippen molar-refractivity contribution in [1.82, 2.24) is 9.88 Å². The normalized spacial score (nSPS) is 23.6. The van der Waals surface area contributed by atoms with Gasteiger partial charge in [0.05, 0.1) is 18.2 Å². The van der Waals surface area contributed by atoms with Crippen molar-refractivity contribution < 1.29 is 19.0 Å². The minimum Gasteiger partial charge on any atom is -0.482 e. The minimum absolute atomic E-state index is 0.109. The van der Waals surface area contributed by atoms with Crippen LogP contribution < -0.4 is 14.2 Å². The number of likely N-dealkylation sites (tertiary alicyclic amines) is 1. The van der Waals surface area contributed by atoms with Crippen molar-refractivity contribution in [2.45, 2.75) is 31.7 Å². The van der Waals surface area contributed by atoms with Crippen LogP contribution in [0.25, 0.3) is 0 Å². The molecule has 4 rings (SSSR count). The zero-order valence-corrected chi connectivity index (χ0v) is 14.9. The number of nitrogens with zero attached hydrogens (tertiary/aromatic N) is 3. The standard InChI is InChI=1S/C20H19N3O4/c1-13-19(27-17-5-3-2-4-16(17)25-13)20(24)23-9-7-15(12-23)26-18-10-14(11-21)6-8-22-18/h2-6,8,10,13,15,19H,7,9,12H2,1H3. The van der Waals surface area contributed by atoms with Gasteiger partial charge in [-0.25, -0.2) is 4.98 Å². The summed E-state index contributed by atoms with van der Waals surface area (Å²) in [6, 6.07) is 12.6. The maximum Gasteiger partial charge on any atom is 0.267 e. The smallest absolute Gasteiger partial charge is 0.267 e. The summed E-state index contributed by atoms with van der Waals surface area (Å²) in [5.41, 5.74) is 0.492. The lowest BCUT2D eigenvalue weighted by atomic mass is 10.1. The van der Waals surface area contributed by atoms with Crippen LogP contribution >= 0.6 is 0 Å². The second-order valence-electron chi connectivity index (χ2n) is 6.62. The summed E-state index contributed by atoms with van der Waals surface area (Å²) in [5.74, 6) is 1.52. The van der Waals surface area contributed by atoms with Gasteiger partial charge in [0, 0.05) is 25.2 Å². The maximum absolute atomic E-state index is 12.9. The molecule has 0 radical (unpaired) electrons. The Morgan fingerprint density at radius 3 is 2.85 bits per heavy atom. The van der Waals surface area contributed by atoms with Crippen molar-refractivity contribution in [2.75, 3.05) is 13.1 Å². The molecule has 0 bridgehead atoms. The van der Waals surface area contributed by atoms with Crippen LogP contribution in [0.3, 0.4) is 0 Å².